The zero-order valence-corrected chi connectivity index (χ0v) is 17.0. The summed E-state index contributed by atoms with van der Waals surface area (Å²) in [4.78, 5) is 6.61. The quantitative estimate of drug-likeness (QED) is 0.410. The third kappa shape index (κ3) is 6.01. The van der Waals surface area contributed by atoms with E-state index in [0.29, 0.717) is 18.4 Å². The summed E-state index contributed by atoms with van der Waals surface area (Å²) in [6, 6.07) is 6.02. The first-order chi connectivity index (χ1) is 11.1. The summed E-state index contributed by atoms with van der Waals surface area (Å²) >= 11 is 0. The van der Waals surface area contributed by atoms with Crippen molar-refractivity contribution in [2.45, 2.75) is 13.3 Å². The van der Waals surface area contributed by atoms with Crippen LogP contribution in [-0.2, 0) is 11.2 Å². The number of morpholine rings is 1. The van der Waals surface area contributed by atoms with Crippen LogP contribution in [0.15, 0.2) is 23.2 Å². The van der Waals surface area contributed by atoms with E-state index >= 15 is 0 Å². The van der Waals surface area contributed by atoms with Gasteiger partial charge in [-0.2, -0.15) is 0 Å². The minimum absolute atomic E-state index is 0. The van der Waals surface area contributed by atoms with Crippen molar-refractivity contribution in [2.75, 3.05) is 47.1 Å². The average Bonchev–Trinajstić information content (AvgIpc) is 2.60. The molecule has 0 amide bonds. The first-order valence-corrected chi connectivity index (χ1v) is 7.97. The number of nitrogens with two attached hydrogens (primary N) is 1. The van der Waals surface area contributed by atoms with Crippen molar-refractivity contribution >= 4 is 29.9 Å². The number of nitrogens with zero attached hydrogens (tertiary/aromatic N) is 2. The van der Waals surface area contributed by atoms with Crippen molar-refractivity contribution in [2.24, 2.45) is 16.6 Å². The largest absolute Gasteiger partial charge is 0.493 e. The molecule has 1 aliphatic heterocycles. The zero-order chi connectivity index (χ0) is 16.7. The lowest BCUT2D eigenvalue weighted by molar-refractivity contribution is 0.0674. The maximum atomic E-state index is 6.06. The molecular formula is C17H28IN3O3. The molecule has 136 valence electrons. The summed E-state index contributed by atoms with van der Waals surface area (Å²) in [6.07, 6.45) is 0.917. The van der Waals surface area contributed by atoms with E-state index in [9.17, 15) is 0 Å². The predicted octanol–water partition coefficient (Wildman–Crippen LogP) is 2.15. The molecule has 0 aromatic heterocycles. The van der Waals surface area contributed by atoms with Crippen molar-refractivity contribution in [1.82, 2.24) is 4.90 Å². The molecule has 1 unspecified atom stereocenters. The molecule has 1 saturated heterocycles. The van der Waals surface area contributed by atoms with Gasteiger partial charge < -0.3 is 24.8 Å². The Morgan fingerprint density at radius 3 is 2.54 bits per heavy atom. The monoisotopic (exact) mass is 449 g/mol. The van der Waals surface area contributed by atoms with Crippen molar-refractivity contribution in [3.8, 4) is 11.5 Å². The number of benzene rings is 1. The van der Waals surface area contributed by atoms with Crippen molar-refractivity contribution < 1.29 is 14.2 Å². The molecule has 0 radical (unpaired) electrons. The van der Waals surface area contributed by atoms with Gasteiger partial charge >= 0.3 is 0 Å². The Balaban J connectivity index is 0.00000288. The van der Waals surface area contributed by atoms with Crippen LogP contribution in [0.3, 0.4) is 0 Å². The summed E-state index contributed by atoms with van der Waals surface area (Å²) in [7, 11) is 3.29. The lowest BCUT2D eigenvalue weighted by atomic mass is 10.0. The average molecular weight is 449 g/mol. The van der Waals surface area contributed by atoms with Gasteiger partial charge in [0, 0.05) is 19.6 Å². The molecule has 2 N–H and O–H groups in total. The van der Waals surface area contributed by atoms with Gasteiger partial charge in [-0.05, 0) is 30.0 Å². The van der Waals surface area contributed by atoms with E-state index in [1.54, 1.807) is 14.2 Å². The number of guanidine groups is 1. The van der Waals surface area contributed by atoms with Gasteiger partial charge in [0.15, 0.2) is 17.5 Å². The molecule has 0 aliphatic carbocycles. The fourth-order valence-corrected chi connectivity index (χ4v) is 2.62. The van der Waals surface area contributed by atoms with Gasteiger partial charge in [0.2, 0.25) is 0 Å². The number of halogens is 1. The number of hydrogen-bond acceptors (Lipinski definition) is 4. The van der Waals surface area contributed by atoms with Crippen LogP contribution >= 0.6 is 24.0 Å². The highest BCUT2D eigenvalue weighted by Gasteiger charge is 2.13. The second kappa shape index (κ2) is 10.6. The van der Waals surface area contributed by atoms with Gasteiger partial charge in [-0.3, -0.25) is 4.99 Å². The van der Waals surface area contributed by atoms with E-state index in [-0.39, 0.29) is 24.0 Å². The molecule has 1 aliphatic rings. The Bertz CT molecular complexity index is 534. The van der Waals surface area contributed by atoms with Crippen LogP contribution in [-0.4, -0.2) is 57.9 Å². The number of rotatable bonds is 6. The molecule has 1 aromatic carbocycles. The van der Waals surface area contributed by atoms with E-state index in [1.807, 2.05) is 12.1 Å². The molecular weight excluding hydrogens is 421 g/mol. The molecule has 0 spiro atoms. The predicted molar refractivity (Wildman–Crippen MR) is 107 cm³/mol. The standard InChI is InChI=1S/C17H27N3O3.HI/c1-13(12-19-17(18)20-6-8-23-9-7-20)10-14-4-5-15(21-2)16(11-14)22-3;/h4-5,11,13H,6-10,12H2,1-3H3,(H2,18,19);1H. The van der Waals surface area contributed by atoms with Crippen molar-refractivity contribution in [1.29, 1.82) is 0 Å². The second-order valence-electron chi connectivity index (χ2n) is 5.80. The molecule has 0 saturated carbocycles. The number of ether oxygens (including phenoxy) is 3. The van der Waals surface area contributed by atoms with Crippen molar-refractivity contribution in [3.63, 3.8) is 0 Å². The van der Waals surface area contributed by atoms with Crippen LogP contribution in [0, 0.1) is 5.92 Å². The summed E-state index contributed by atoms with van der Waals surface area (Å²) in [5.41, 5.74) is 7.26. The SMILES string of the molecule is COc1ccc(CC(C)CN=C(N)N2CCOCC2)cc1OC.I. The number of hydrogen-bond donors (Lipinski definition) is 1. The first-order valence-electron chi connectivity index (χ1n) is 7.97. The Morgan fingerprint density at radius 1 is 1.25 bits per heavy atom. The Morgan fingerprint density at radius 2 is 1.92 bits per heavy atom. The van der Waals surface area contributed by atoms with Crippen LogP contribution in [0.1, 0.15) is 12.5 Å². The normalized spacial score (nSPS) is 16.3. The molecule has 0 bridgehead atoms. The second-order valence-corrected chi connectivity index (χ2v) is 5.80. The zero-order valence-electron chi connectivity index (χ0n) is 14.7. The van der Waals surface area contributed by atoms with Crippen LogP contribution in [0.25, 0.3) is 0 Å². The first kappa shape index (κ1) is 20.8. The molecule has 24 heavy (non-hydrogen) atoms. The third-order valence-electron chi connectivity index (χ3n) is 3.93. The molecule has 2 rings (SSSR count). The fraction of sp³-hybridized carbons (Fsp3) is 0.588. The van der Waals surface area contributed by atoms with Gasteiger partial charge in [-0.1, -0.05) is 13.0 Å². The van der Waals surface area contributed by atoms with Gasteiger partial charge in [0.05, 0.1) is 27.4 Å². The van der Waals surface area contributed by atoms with E-state index in [4.69, 9.17) is 19.9 Å². The highest BCUT2D eigenvalue weighted by atomic mass is 127. The third-order valence-corrected chi connectivity index (χ3v) is 3.93. The van der Waals surface area contributed by atoms with Gasteiger partial charge in [-0.25, -0.2) is 0 Å². The molecule has 1 fully saturated rings. The molecule has 6 nitrogen and oxygen atoms in total. The van der Waals surface area contributed by atoms with Crippen LogP contribution < -0.4 is 15.2 Å². The minimum Gasteiger partial charge on any atom is -0.493 e. The maximum Gasteiger partial charge on any atom is 0.191 e. The lowest BCUT2D eigenvalue weighted by Gasteiger charge is -2.27. The Kier molecular flexibility index (Phi) is 9.20. The highest BCUT2D eigenvalue weighted by molar-refractivity contribution is 14.0. The molecule has 7 heteroatoms. The minimum atomic E-state index is 0. The molecule has 1 heterocycles. The summed E-state index contributed by atoms with van der Waals surface area (Å²) in [5, 5.41) is 0. The van der Waals surface area contributed by atoms with Crippen LogP contribution in [0.4, 0.5) is 0 Å². The fourth-order valence-electron chi connectivity index (χ4n) is 2.62. The topological polar surface area (TPSA) is 69.3 Å². The van der Waals surface area contributed by atoms with Gasteiger partial charge in [-0.15, -0.1) is 24.0 Å². The molecule has 1 aromatic rings. The smallest absolute Gasteiger partial charge is 0.191 e. The van der Waals surface area contributed by atoms with E-state index in [1.165, 1.54) is 5.56 Å². The Labute approximate surface area is 161 Å². The number of aliphatic imine (C=N–C) groups is 1. The van der Waals surface area contributed by atoms with E-state index in [0.717, 1.165) is 44.2 Å². The number of methoxy groups -OCH3 is 2. The maximum absolute atomic E-state index is 6.06. The van der Waals surface area contributed by atoms with Gasteiger partial charge in [0.1, 0.15) is 0 Å². The lowest BCUT2D eigenvalue weighted by Crippen LogP contribution is -2.45. The van der Waals surface area contributed by atoms with Crippen molar-refractivity contribution in [3.05, 3.63) is 23.8 Å². The van der Waals surface area contributed by atoms with Gasteiger partial charge in [0.25, 0.3) is 0 Å². The van der Waals surface area contributed by atoms with Crippen LogP contribution in [0.5, 0.6) is 11.5 Å². The summed E-state index contributed by atoms with van der Waals surface area (Å²) in [5.74, 6) is 2.52. The molecule has 1 atom stereocenters. The van der Waals surface area contributed by atoms with Crippen LogP contribution in [0.2, 0.25) is 0 Å². The highest BCUT2D eigenvalue weighted by Crippen LogP contribution is 2.28. The summed E-state index contributed by atoms with van der Waals surface area (Å²) < 4.78 is 15.9. The van der Waals surface area contributed by atoms with E-state index < -0.39 is 0 Å². The van der Waals surface area contributed by atoms with E-state index in [2.05, 4.69) is 22.9 Å². The Hall–Kier alpha value is -1.22. The summed E-state index contributed by atoms with van der Waals surface area (Å²) in [6.45, 7) is 5.96.